The molecule has 2 atom stereocenters. The number of hydrogen-bond acceptors (Lipinski definition) is 3. The summed E-state index contributed by atoms with van der Waals surface area (Å²) in [6.07, 6.45) is 3.52. The van der Waals surface area contributed by atoms with Gasteiger partial charge in [-0.1, -0.05) is 26.0 Å². The number of rotatable bonds is 4. The highest BCUT2D eigenvalue weighted by atomic mass is 16.5. The SMILES string of the molecule is COCc1cccc(OC2CCCC(C)(C)C2N)c1. The zero-order valence-corrected chi connectivity index (χ0v) is 12.2. The Hall–Kier alpha value is -1.06. The second-order valence-electron chi connectivity index (χ2n) is 6.14. The van der Waals surface area contributed by atoms with Crippen LogP contribution in [0.3, 0.4) is 0 Å². The molecule has 19 heavy (non-hydrogen) atoms. The smallest absolute Gasteiger partial charge is 0.120 e. The lowest BCUT2D eigenvalue weighted by Crippen LogP contribution is -2.51. The third-order valence-electron chi connectivity index (χ3n) is 4.11. The van der Waals surface area contributed by atoms with Crippen molar-refractivity contribution in [2.45, 2.75) is 51.9 Å². The maximum atomic E-state index is 6.35. The minimum Gasteiger partial charge on any atom is -0.489 e. The maximum absolute atomic E-state index is 6.35. The van der Waals surface area contributed by atoms with Crippen LogP contribution >= 0.6 is 0 Å². The zero-order chi connectivity index (χ0) is 13.9. The highest BCUT2D eigenvalue weighted by Crippen LogP contribution is 2.36. The number of methoxy groups -OCH3 is 1. The van der Waals surface area contributed by atoms with Crippen molar-refractivity contribution in [3.05, 3.63) is 29.8 Å². The Balaban J connectivity index is 2.06. The number of hydrogen-bond donors (Lipinski definition) is 1. The van der Waals surface area contributed by atoms with Crippen molar-refractivity contribution in [2.24, 2.45) is 11.1 Å². The van der Waals surface area contributed by atoms with E-state index in [-0.39, 0.29) is 17.6 Å². The molecule has 2 unspecified atom stereocenters. The van der Waals surface area contributed by atoms with E-state index in [1.807, 2.05) is 24.3 Å². The Bertz CT molecular complexity index is 417. The number of benzene rings is 1. The molecule has 1 aromatic carbocycles. The molecule has 0 saturated heterocycles. The van der Waals surface area contributed by atoms with Gasteiger partial charge in [-0.05, 0) is 42.4 Å². The molecule has 2 N–H and O–H groups in total. The Labute approximate surface area is 116 Å². The van der Waals surface area contributed by atoms with Crippen LogP contribution < -0.4 is 10.5 Å². The summed E-state index contributed by atoms with van der Waals surface area (Å²) < 4.78 is 11.3. The van der Waals surface area contributed by atoms with E-state index in [2.05, 4.69) is 13.8 Å². The zero-order valence-electron chi connectivity index (χ0n) is 12.2. The van der Waals surface area contributed by atoms with E-state index in [0.717, 1.165) is 17.7 Å². The summed E-state index contributed by atoms with van der Waals surface area (Å²) in [7, 11) is 1.70. The minimum absolute atomic E-state index is 0.0901. The van der Waals surface area contributed by atoms with Gasteiger partial charge in [0.1, 0.15) is 11.9 Å². The first kappa shape index (κ1) is 14.4. The molecule has 0 amide bonds. The van der Waals surface area contributed by atoms with Crippen molar-refractivity contribution in [3.8, 4) is 5.75 Å². The van der Waals surface area contributed by atoms with Gasteiger partial charge in [0.15, 0.2) is 0 Å². The molecule has 3 heteroatoms. The fourth-order valence-corrected chi connectivity index (χ4v) is 2.79. The van der Waals surface area contributed by atoms with Gasteiger partial charge in [-0.2, -0.15) is 0 Å². The standard InChI is InChI=1S/C16H25NO2/c1-16(2)9-5-8-14(15(16)17)19-13-7-4-6-12(10-13)11-18-3/h4,6-7,10,14-15H,5,8-9,11,17H2,1-3H3. The van der Waals surface area contributed by atoms with Crippen LogP contribution in [0.1, 0.15) is 38.7 Å². The van der Waals surface area contributed by atoms with Gasteiger partial charge < -0.3 is 15.2 Å². The molecule has 0 bridgehead atoms. The summed E-state index contributed by atoms with van der Waals surface area (Å²) in [5, 5.41) is 0. The molecule has 1 saturated carbocycles. The Morgan fingerprint density at radius 3 is 2.89 bits per heavy atom. The van der Waals surface area contributed by atoms with Crippen LogP contribution in [0.25, 0.3) is 0 Å². The number of nitrogens with two attached hydrogens (primary N) is 1. The van der Waals surface area contributed by atoms with Crippen LogP contribution in [0.15, 0.2) is 24.3 Å². The molecule has 1 aliphatic carbocycles. The lowest BCUT2D eigenvalue weighted by Gasteiger charge is -2.41. The predicted octanol–water partition coefficient (Wildman–Crippen LogP) is 3.12. The average molecular weight is 263 g/mol. The van der Waals surface area contributed by atoms with Crippen molar-refractivity contribution in [3.63, 3.8) is 0 Å². The van der Waals surface area contributed by atoms with E-state index in [4.69, 9.17) is 15.2 Å². The highest BCUT2D eigenvalue weighted by Gasteiger charge is 2.37. The van der Waals surface area contributed by atoms with Gasteiger partial charge >= 0.3 is 0 Å². The molecular weight excluding hydrogens is 238 g/mol. The molecule has 106 valence electrons. The second kappa shape index (κ2) is 5.93. The van der Waals surface area contributed by atoms with Crippen LogP contribution in [-0.2, 0) is 11.3 Å². The third kappa shape index (κ3) is 3.48. The average Bonchev–Trinajstić information content (AvgIpc) is 2.36. The second-order valence-corrected chi connectivity index (χ2v) is 6.14. The van der Waals surface area contributed by atoms with Crippen LogP contribution in [-0.4, -0.2) is 19.3 Å². The molecule has 0 aromatic heterocycles. The van der Waals surface area contributed by atoms with E-state index in [1.54, 1.807) is 7.11 Å². The molecular formula is C16H25NO2. The van der Waals surface area contributed by atoms with Crippen molar-refractivity contribution >= 4 is 0 Å². The van der Waals surface area contributed by atoms with Gasteiger partial charge in [-0.15, -0.1) is 0 Å². The van der Waals surface area contributed by atoms with Crippen LogP contribution in [0, 0.1) is 5.41 Å². The molecule has 2 rings (SSSR count). The number of ether oxygens (including phenoxy) is 2. The van der Waals surface area contributed by atoms with E-state index >= 15 is 0 Å². The fraction of sp³-hybridized carbons (Fsp3) is 0.625. The van der Waals surface area contributed by atoms with E-state index in [0.29, 0.717) is 6.61 Å². The summed E-state index contributed by atoms with van der Waals surface area (Å²) in [5.41, 5.74) is 7.64. The fourth-order valence-electron chi connectivity index (χ4n) is 2.79. The molecule has 1 aromatic rings. The topological polar surface area (TPSA) is 44.5 Å². The van der Waals surface area contributed by atoms with Crippen LogP contribution in [0.5, 0.6) is 5.75 Å². The van der Waals surface area contributed by atoms with Crippen molar-refractivity contribution in [1.82, 2.24) is 0 Å². The third-order valence-corrected chi connectivity index (χ3v) is 4.11. The molecule has 1 fully saturated rings. The van der Waals surface area contributed by atoms with E-state index in [9.17, 15) is 0 Å². The van der Waals surface area contributed by atoms with Gasteiger partial charge in [0.25, 0.3) is 0 Å². The molecule has 3 nitrogen and oxygen atoms in total. The highest BCUT2D eigenvalue weighted by molar-refractivity contribution is 5.28. The minimum atomic E-state index is 0.0901. The van der Waals surface area contributed by atoms with Gasteiger partial charge in [-0.25, -0.2) is 0 Å². The normalized spacial score (nSPS) is 26.1. The first-order valence-corrected chi connectivity index (χ1v) is 7.03. The quantitative estimate of drug-likeness (QED) is 0.907. The summed E-state index contributed by atoms with van der Waals surface area (Å²) in [4.78, 5) is 0. The van der Waals surface area contributed by atoms with Gasteiger partial charge in [-0.3, -0.25) is 0 Å². The van der Waals surface area contributed by atoms with E-state index in [1.165, 1.54) is 12.8 Å². The van der Waals surface area contributed by atoms with Crippen molar-refractivity contribution < 1.29 is 9.47 Å². The summed E-state index contributed by atoms with van der Waals surface area (Å²) in [6, 6.07) is 8.17. The molecule has 1 aliphatic rings. The monoisotopic (exact) mass is 263 g/mol. The van der Waals surface area contributed by atoms with Gasteiger partial charge in [0.2, 0.25) is 0 Å². The van der Waals surface area contributed by atoms with Crippen LogP contribution in [0.4, 0.5) is 0 Å². The van der Waals surface area contributed by atoms with Crippen LogP contribution in [0.2, 0.25) is 0 Å². The lowest BCUT2D eigenvalue weighted by molar-refractivity contribution is 0.0566. The van der Waals surface area contributed by atoms with Crippen molar-refractivity contribution in [2.75, 3.05) is 7.11 Å². The van der Waals surface area contributed by atoms with Crippen molar-refractivity contribution in [1.29, 1.82) is 0 Å². The first-order chi connectivity index (χ1) is 9.03. The first-order valence-electron chi connectivity index (χ1n) is 7.03. The summed E-state index contributed by atoms with van der Waals surface area (Å²) >= 11 is 0. The summed E-state index contributed by atoms with van der Waals surface area (Å²) in [6.45, 7) is 5.07. The van der Waals surface area contributed by atoms with E-state index < -0.39 is 0 Å². The molecule has 0 aliphatic heterocycles. The molecule has 0 radical (unpaired) electrons. The Morgan fingerprint density at radius 2 is 2.16 bits per heavy atom. The summed E-state index contributed by atoms with van der Waals surface area (Å²) in [5.74, 6) is 0.896. The van der Waals surface area contributed by atoms with Gasteiger partial charge in [0.05, 0.1) is 6.61 Å². The maximum Gasteiger partial charge on any atom is 0.120 e. The largest absolute Gasteiger partial charge is 0.489 e. The van der Waals surface area contributed by atoms with Gasteiger partial charge in [0, 0.05) is 13.2 Å². The Morgan fingerprint density at radius 1 is 1.37 bits per heavy atom. The molecule has 0 heterocycles. The Kier molecular flexibility index (Phi) is 4.48. The predicted molar refractivity (Wildman–Crippen MR) is 77.2 cm³/mol. The lowest BCUT2D eigenvalue weighted by atomic mass is 9.72. The molecule has 0 spiro atoms.